The van der Waals surface area contributed by atoms with Crippen LogP contribution in [0.1, 0.15) is 31.4 Å². The van der Waals surface area contributed by atoms with E-state index in [9.17, 15) is 4.39 Å². The quantitative estimate of drug-likeness (QED) is 0.805. The fraction of sp³-hybridized carbons (Fsp3) is 0.417. The predicted molar refractivity (Wildman–Crippen MR) is 66.8 cm³/mol. The lowest BCUT2D eigenvalue weighted by atomic mass is 10.1. The van der Waals surface area contributed by atoms with E-state index in [2.05, 4.69) is 0 Å². The lowest BCUT2D eigenvalue weighted by Gasteiger charge is -2.11. The topological polar surface area (TPSA) is 35.2 Å². The monoisotopic (exact) mass is 241 g/mol. The van der Waals surface area contributed by atoms with Gasteiger partial charge in [0.1, 0.15) is 10.8 Å². The molecule has 0 fully saturated rings. The first-order valence-electron chi connectivity index (χ1n) is 5.24. The molecule has 1 aromatic rings. The molecule has 0 bridgehead atoms. The largest absolute Gasteiger partial charge is 0.389 e. The first-order valence-corrected chi connectivity index (χ1v) is 5.65. The van der Waals surface area contributed by atoms with Crippen LogP contribution in [-0.2, 0) is 11.3 Å². The summed E-state index contributed by atoms with van der Waals surface area (Å²) in [5, 5.41) is 0. The maximum Gasteiger partial charge on any atom is 0.128 e. The molecule has 0 aliphatic rings. The van der Waals surface area contributed by atoms with Crippen molar-refractivity contribution in [2.45, 2.75) is 33.0 Å². The van der Waals surface area contributed by atoms with Gasteiger partial charge >= 0.3 is 0 Å². The molecule has 1 unspecified atom stereocenters. The van der Waals surface area contributed by atoms with Crippen molar-refractivity contribution in [3.63, 3.8) is 0 Å². The van der Waals surface area contributed by atoms with Crippen molar-refractivity contribution in [2.24, 2.45) is 5.73 Å². The molecule has 0 aromatic heterocycles. The third-order valence-corrected chi connectivity index (χ3v) is 2.66. The molecule has 0 radical (unpaired) electrons. The molecule has 0 amide bonds. The predicted octanol–water partition coefficient (Wildman–Crippen LogP) is 2.78. The molecule has 0 aliphatic heterocycles. The highest BCUT2D eigenvalue weighted by Crippen LogP contribution is 2.13. The van der Waals surface area contributed by atoms with Gasteiger partial charge in [-0.15, -0.1) is 0 Å². The summed E-state index contributed by atoms with van der Waals surface area (Å²) in [7, 11) is 0. The van der Waals surface area contributed by atoms with E-state index in [-0.39, 0.29) is 23.5 Å². The minimum Gasteiger partial charge on any atom is -0.389 e. The van der Waals surface area contributed by atoms with Crippen LogP contribution in [0.4, 0.5) is 4.39 Å². The maximum atomic E-state index is 13.4. The Morgan fingerprint density at radius 1 is 1.56 bits per heavy atom. The molecule has 16 heavy (non-hydrogen) atoms. The van der Waals surface area contributed by atoms with Crippen LogP contribution >= 0.6 is 12.2 Å². The number of rotatable bonds is 5. The standard InChI is InChI=1S/C12H16FNOS/c1-3-8(2)15-7-10-6-9(12(14)16)4-5-11(10)13/h4-6,8H,3,7H2,1-2H3,(H2,14,16). The zero-order valence-corrected chi connectivity index (χ0v) is 10.3. The van der Waals surface area contributed by atoms with Crippen molar-refractivity contribution < 1.29 is 9.13 Å². The Bertz CT molecular complexity index is 381. The van der Waals surface area contributed by atoms with Crippen molar-refractivity contribution in [1.29, 1.82) is 0 Å². The molecular weight excluding hydrogens is 225 g/mol. The average Bonchev–Trinajstić information content (AvgIpc) is 2.27. The van der Waals surface area contributed by atoms with Crippen LogP contribution in [0.5, 0.6) is 0 Å². The van der Waals surface area contributed by atoms with Crippen molar-refractivity contribution in [3.05, 3.63) is 35.1 Å². The van der Waals surface area contributed by atoms with E-state index in [1.54, 1.807) is 12.1 Å². The van der Waals surface area contributed by atoms with Gasteiger partial charge in [0.05, 0.1) is 12.7 Å². The Balaban J connectivity index is 2.78. The molecule has 1 atom stereocenters. The molecule has 88 valence electrons. The molecule has 0 spiro atoms. The maximum absolute atomic E-state index is 13.4. The SMILES string of the molecule is CCC(C)OCc1cc(C(N)=S)ccc1F. The second kappa shape index (κ2) is 5.92. The van der Waals surface area contributed by atoms with Crippen molar-refractivity contribution in [3.8, 4) is 0 Å². The van der Waals surface area contributed by atoms with Crippen molar-refractivity contribution in [1.82, 2.24) is 0 Å². The van der Waals surface area contributed by atoms with Gasteiger partial charge in [-0.05, 0) is 31.5 Å². The zero-order valence-electron chi connectivity index (χ0n) is 9.50. The fourth-order valence-corrected chi connectivity index (χ4v) is 1.32. The Labute approximate surface area is 101 Å². The first-order chi connectivity index (χ1) is 7.54. The van der Waals surface area contributed by atoms with E-state index in [1.165, 1.54) is 6.07 Å². The van der Waals surface area contributed by atoms with Crippen molar-refractivity contribution in [2.75, 3.05) is 0 Å². The van der Waals surface area contributed by atoms with Gasteiger partial charge in [-0.25, -0.2) is 4.39 Å². The van der Waals surface area contributed by atoms with E-state index >= 15 is 0 Å². The van der Waals surface area contributed by atoms with Gasteiger partial charge in [-0.1, -0.05) is 19.1 Å². The number of hydrogen-bond acceptors (Lipinski definition) is 2. The Morgan fingerprint density at radius 2 is 2.25 bits per heavy atom. The van der Waals surface area contributed by atoms with Crippen molar-refractivity contribution >= 4 is 17.2 Å². The Morgan fingerprint density at radius 3 is 2.81 bits per heavy atom. The minimum atomic E-state index is -0.289. The smallest absolute Gasteiger partial charge is 0.128 e. The number of halogens is 1. The third kappa shape index (κ3) is 3.54. The lowest BCUT2D eigenvalue weighted by Crippen LogP contribution is -2.11. The summed E-state index contributed by atoms with van der Waals surface area (Å²) in [5.74, 6) is -0.289. The third-order valence-electron chi connectivity index (χ3n) is 2.43. The minimum absolute atomic E-state index is 0.118. The number of benzene rings is 1. The van der Waals surface area contributed by atoms with Gasteiger partial charge in [0.25, 0.3) is 0 Å². The van der Waals surface area contributed by atoms with Crippen LogP contribution in [0.2, 0.25) is 0 Å². The fourth-order valence-electron chi connectivity index (χ4n) is 1.19. The van der Waals surface area contributed by atoms with Gasteiger partial charge in [-0.2, -0.15) is 0 Å². The highest BCUT2D eigenvalue weighted by Gasteiger charge is 2.07. The molecule has 4 heteroatoms. The van der Waals surface area contributed by atoms with Crippen LogP contribution in [0, 0.1) is 5.82 Å². The summed E-state index contributed by atoms with van der Waals surface area (Å²) in [5.41, 5.74) is 6.64. The van der Waals surface area contributed by atoms with Crippen LogP contribution in [0.25, 0.3) is 0 Å². The van der Waals surface area contributed by atoms with Gasteiger partial charge in [0.2, 0.25) is 0 Å². The van der Waals surface area contributed by atoms with Crippen LogP contribution in [0.3, 0.4) is 0 Å². The lowest BCUT2D eigenvalue weighted by molar-refractivity contribution is 0.0492. The molecule has 1 rings (SSSR count). The zero-order chi connectivity index (χ0) is 12.1. The average molecular weight is 241 g/mol. The second-order valence-electron chi connectivity index (χ2n) is 3.70. The van der Waals surface area contributed by atoms with Gasteiger partial charge in [-0.3, -0.25) is 0 Å². The van der Waals surface area contributed by atoms with E-state index in [4.69, 9.17) is 22.7 Å². The van der Waals surface area contributed by atoms with E-state index in [0.29, 0.717) is 11.1 Å². The van der Waals surface area contributed by atoms with Crippen LogP contribution in [-0.4, -0.2) is 11.1 Å². The van der Waals surface area contributed by atoms with Crippen LogP contribution in [0.15, 0.2) is 18.2 Å². The van der Waals surface area contributed by atoms with Gasteiger partial charge in [0, 0.05) is 11.1 Å². The molecular formula is C12H16FNOS. The highest BCUT2D eigenvalue weighted by molar-refractivity contribution is 7.80. The molecule has 0 aliphatic carbocycles. The van der Waals surface area contributed by atoms with Crippen LogP contribution < -0.4 is 5.73 Å². The summed E-state index contributed by atoms with van der Waals surface area (Å²) in [6.07, 6.45) is 1.02. The van der Waals surface area contributed by atoms with E-state index in [0.717, 1.165) is 6.42 Å². The number of hydrogen-bond donors (Lipinski definition) is 1. The molecule has 0 saturated heterocycles. The number of nitrogens with two attached hydrogens (primary N) is 1. The Kier molecular flexibility index (Phi) is 4.83. The molecule has 0 saturated carbocycles. The Hall–Kier alpha value is -1.00. The molecule has 0 heterocycles. The normalized spacial score (nSPS) is 12.4. The number of ether oxygens (including phenoxy) is 1. The molecule has 1 aromatic carbocycles. The molecule has 2 N–H and O–H groups in total. The van der Waals surface area contributed by atoms with Gasteiger partial charge in [0.15, 0.2) is 0 Å². The first kappa shape index (κ1) is 13.1. The van der Waals surface area contributed by atoms with Gasteiger partial charge < -0.3 is 10.5 Å². The highest BCUT2D eigenvalue weighted by atomic mass is 32.1. The van der Waals surface area contributed by atoms with E-state index in [1.807, 2.05) is 13.8 Å². The summed E-state index contributed by atoms with van der Waals surface area (Å²) in [6.45, 7) is 4.22. The summed E-state index contributed by atoms with van der Waals surface area (Å²) in [6, 6.07) is 4.58. The number of thiocarbonyl (C=S) groups is 1. The summed E-state index contributed by atoms with van der Waals surface area (Å²) < 4.78 is 18.9. The summed E-state index contributed by atoms with van der Waals surface area (Å²) >= 11 is 4.84. The second-order valence-corrected chi connectivity index (χ2v) is 4.14. The summed E-state index contributed by atoms with van der Waals surface area (Å²) in [4.78, 5) is 0.268. The molecule has 2 nitrogen and oxygen atoms in total. The van der Waals surface area contributed by atoms with E-state index < -0.39 is 0 Å².